The standard InChI is InChI=1S/C25H35FN4O2.HI/c1-3-27-25(28-18-20-7-9-22(26)10-8-20)29-19-21-5-4-6-24(17-21)32-16-13-30(2)23-11-14-31-15-12-23;/h4-10,17,23H,3,11-16,18-19H2,1-2H3,(H2,27,28,29);1H. The van der Waals surface area contributed by atoms with Crippen LogP contribution in [0.3, 0.4) is 0 Å². The molecular weight excluding hydrogens is 534 g/mol. The fraction of sp³-hybridized carbons (Fsp3) is 0.480. The Kier molecular flexibility index (Phi) is 12.5. The number of guanidine groups is 1. The quantitative estimate of drug-likeness (QED) is 0.255. The zero-order valence-corrected chi connectivity index (χ0v) is 21.9. The number of nitrogens with one attached hydrogen (secondary N) is 2. The monoisotopic (exact) mass is 570 g/mol. The van der Waals surface area contributed by atoms with Crippen LogP contribution in [0.1, 0.15) is 30.9 Å². The summed E-state index contributed by atoms with van der Waals surface area (Å²) in [7, 11) is 2.16. The molecule has 0 atom stereocenters. The van der Waals surface area contributed by atoms with Crippen LogP contribution in [-0.4, -0.2) is 56.9 Å². The Balaban J connectivity index is 0.00000385. The Morgan fingerprint density at radius 1 is 1.12 bits per heavy atom. The topological polar surface area (TPSA) is 58.1 Å². The molecule has 0 unspecified atom stereocenters. The van der Waals surface area contributed by atoms with E-state index >= 15 is 0 Å². The molecule has 1 fully saturated rings. The number of nitrogens with zero attached hydrogens (tertiary/aromatic N) is 2. The fourth-order valence-corrected chi connectivity index (χ4v) is 3.65. The van der Waals surface area contributed by atoms with Gasteiger partial charge in [0, 0.05) is 38.9 Å². The summed E-state index contributed by atoms with van der Waals surface area (Å²) >= 11 is 0. The van der Waals surface area contributed by atoms with Gasteiger partial charge in [-0.1, -0.05) is 24.3 Å². The average molecular weight is 570 g/mol. The maximum Gasteiger partial charge on any atom is 0.191 e. The van der Waals surface area contributed by atoms with E-state index in [-0.39, 0.29) is 29.8 Å². The second-order valence-corrected chi connectivity index (χ2v) is 8.00. The van der Waals surface area contributed by atoms with Crippen molar-refractivity contribution in [1.29, 1.82) is 0 Å². The van der Waals surface area contributed by atoms with E-state index in [4.69, 9.17) is 9.47 Å². The van der Waals surface area contributed by atoms with Gasteiger partial charge in [0.1, 0.15) is 18.2 Å². The van der Waals surface area contributed by atoms with E-state index in [9.17, 15) is 4.39 Å². The Hall–Kier alpha value is -1.91. The highest BCUT2D eigenvalue weighted by Gasteiger charge is 2.17. The summed E-state index contributed by atoms with van der Waals surface area (Å²) in [5.74, 6) is 1.36. The van der Waals surface area contributed by atoms with E-state index in [0.717, 1.165) is 62.0 Å². The van der Waals surface area contributed by atoms with Gasteiger partial charge < -0.3 is 20.1 Å². The van der Waals surface area contributed by atoms with Crippen LogP contribution in [0.4, 0.5) is 4.39 Å². The van der Waals surface area contributed by atoms with Crippen LogP contribution in [0.5, 0.6) is 5.75 Å². The van der Waals surface area contributed by atoms with Crippen molar-refractivity contribution in [2.75, 3.05) is 40.0 Å². The van der Waals surface area contributed by atoms with Crippen LogP contribution >= 0.6 is 24.0 Å². The molecule has 2 aromatic rings. The van der Waals surface area contributed by atoms with E-state index < -0.39 is 0 Å². The number of aliphatic imine (C=N–C) groups is 1. The minimum atomic E-state index is -0.230. The van der Waals surface area contributed by atoms with Crippen LogP contribution in [-0.2, 0) is 17.8 Å². The molecule has 33 heavy (non-hydrogen) atoms. The van der Waals surface area contributed by atoms with E-state index in [2.05, 4.69) is 27.6 Å². The van der Waals surface area contributed by atoms with Crippen molar-refractivity contribution in [2.45, 2.75) is 38.9 Å². The number of hydrogen-bond acceptors (Lipinski definition) is 4. The third-order valence-electron chi connectivity index (χ3n) is 5.56. The minimum Gasteiger partial charge on any atom is -0.492 e. The maximum absolute atomic E-state index is 13.1. The summed E-state index contributed by atoms with van der Waals surface area (Å²) in [4.78, 5) is 7.04. The lowest BCUT2D eigenvalue weighted by atomic mass is 10.1. The van der Waals surface area contributed by atoms with Crippen molar-refractivity contribution in [2.24, 2.45) is 4.99 Å². The number of halogens is 2. The van der Waals surface area contributed by atoms with Gasteiger partial charge >= 0.3 is 0 Å². The van der Waals surface area contributed by atoms with Gasteiger partial charge in [-0.3, -0.25) is 4.90 Å². The Morgan fingerprint density at radius 2 is 1.88 bits per heavy atom. The van der Waals surface area contributed by atoms with Crippen molar-refractivity contribution in [3.8, 4) is 5.75 Å². The highest BCUT2D eigenvalue weighted by molar-refractivity contribution is 14.0. The predicted octanol–water partition coefficient (Wildman–Crippen LogP) is 4.19. The third-order valence-corrected chi connectivity index (χ3v) is 5.56. The number of benzene rings is 2. The zero-order valence-electron chi connectivity index (χ0n) is 19.6. The third kappa shape index (κ3) is 9.85. The highest BCUT2D eigenvalue weighted by Crippen LogP contribution is 2.16. The summed E-state index contributed by atoms with van der Waals surface area (Å²) in [6.07, 6.45) is 2.18. The Labute approximate surface area is 214 Å². The number of ether oxygens (including phenoxy) is 2. The van der Waals surface area contributed by atoms with Gasteiger partial charge in [-0.15, -0.1) is 24.0 Å². The minimum absolute atomic E-state index is 0. The molecule has 0 aliphatic carbocycles. The molecule has 0 radical (unpaired) electrons. The number of likely N-dealkylation sites (N-methyl/N-ethyl adjacent to an activating group) is 1. The largest absolute Gasteiger partial charge is 0.492 e. The number of hydrogen-bond donors (Lipinski definition) is 2. The smallest absolute Gasteiger partial charge is 0.191 e. The zero-order chi connectivity index (χ0) is 22.6. The summed E-state index contributed by atoms with van der Waals surface area (Å²) in [5.41, 5.74) is 2.08. The second kappa shape index (κ2) is 15.1. The molecule has 6 nitrogen and oxygen atoms in total. The van der Waals surface area contributed by atoms with Crippen LogP contribution < -0.4 is 15.4 Å². The maximum atomic E-state index is 13.1. The molecule has 0 spiro atoms. The molecule has 1 heterocycles. The van der Waals surface area contributed by atoms with Crippen molar-refractivity contribution < 1.29 is 13.9 Å². The first-order valence-corrected chi connectivity index (χ1v) is 11.4. The molecule has 182 valence electrons. The first-order chi connectivity index (χ1) is 15.6. The lowest BCUT2D eigenvalue weighted by Crippen LogP contribution is -2.38. The normalized spacial score (nSPS) is 14.6. The lowest BCUT2D eigenvalue weighted by molar-refractivity contribution is 0.0392. The second-order valence-electron chi connectivity index (χ2n) is 8.00. The van der Waals surface area contributed by atoms with Gasteiger partial charge in [0.2, 0.25) is 0 Å². The van der Waals surface area contributed by atoms with Gasteiger partial charge in [0.25, 0.3) is 0 Å². The average Bonchev–Trinajstić information content (AvgIpc) is 2.82. The predicted molar refractivity (Wildman–Crippen MR) is 142 cm³/mol. The molecule has 1 saturated heterocycles. The van der Waals surface area contributed by atoms with Crippen LogP contribution in [0.25, 0.3) is 0 Å². The van der Waals surface area contributed by atoms with Crippen LogP contribution in [0.15, 0.2) is 53.5 Å². The van der Waals surface area contributed by atoms with Crippen molar-refractivity contribution in [1.82, 2.24) is 15.5 Å². The molecule has 0 aromatic heterocycles. The van der Waals surface area contributed by atoms with E-state index in [1.54, 1.807) is 12.1 Å². The molecule has 1 aliphatic rings. The van der Waals surface area contributed by atoms with E-state index in [0.29, 0.717) is 25.7 Å². The van der Waals surface area contributed by atoms with E-state index in [1.807, 2.05) is 31.2 Å². The molecule has 0 saturated carbocycles. The summed E-state index contributed by atoms with van der Waals surface area (Å²) in [6.45, 7) is 7.17. The van der Waals surface area contributed by atoms with Gasteiger partial charge in [0.05, 0.1) is 6.54 Å². The van der Waals surface area contributed by atoms with E-state index in [1.165, 1.54) is 12.1 Å². The first kappa shape index (κ1) is 27.3. The van der Waals surface area contributed by atoms with Crippen molar-refractivity contribution >= 4 is 29.9 Å². The SMILES string of the molecule is CCNC(=NCc1cccc(OCCN(C)C2CCOCC2)c1)NCc1ccc(F)cc1.I. The molecular formula is C25H36FIN4O2. The molecule has 2 aromatic carbocycles. The van der Waals surface area contributed by atoms with Gasteiger partial charge in [-0.05, 0) is 62.2 Å². The Morgan fingerprint density at radius 3 is 2.61 bits per heavy atom. The Bertz CT molecular complexity index is 845. The highest BCUT2D eigenvalue weighted by atomic mass is 127. The van der Waals surface area contributed by atoms with Crippen molar-refractivity contribution in [3.63, 3.8) is 0 Å². The summed E-state index contributed by atoms with van der Waals surface area (Å²) < 4.78 is 24.5. The molecule has 1 aliphatic heterocycles. The number of rotatable bonds is 10. The fourth-order valence-electron chi connectivity index (χ4n) is 3.65. The van der Waals surface area contributed by atoms with Gasteiger partial charge in [0.15, 0.2) is 5.96 Å². The van der Waals surface area contributed by atoms with Gasteiger partial charge in [-0.2, -0.15) is 0 Å². The summed E-state index contributed by atoms with van der Waals surface area (Å²) in [5, 5.41) is 6.54. The van der Waals surface area contributed by atoms with Crippen LogP contribution in [0, 0.1) is 5.82 Å². The molecule has 8 heteroatoms. The van der Waals surface area contributed by atoms with Crippen molar-refractivity contribution in [3.05, 3.63) is 65.5 Å². The molecule has 0 bridgehead atoms. The molecule has 0 amide bonds. The lowest BCUT2D eigenvalue weighted by Gasteiger charge is -2.31. The molecule has 2 N–H and O–H groups in total. The van der Waals surface area contributed by atoms with Gasteiger partial charge in [-0.25, -0.2) is 9.38 Å². The summed E-state index contributed by atoms with van der Waals surface area (Å²) in [6, 6.07) is 15.1. The van der Waals surface area contributed by atoms with Crippen LogP contribution in [0.2, 0.25) is 0 Å². The molecule has 3 rings (SSSR count). The first-order valence-electron chi connectivity index (χ1n) is 11.4.